The van der Waals surface area contributed by atoms with Crippen LogP contribution in [0.4, 0.5) is 0 Å². The first-order valence-electron chi connectivity index (χ1n) is 8.66. The number of hydrogen-bond donors (Lipinski definition) is 0. The van der Waals surface area contributed by atoms with Crippen LogP contribution in [0.2, 0.25) is 10.0 Å². The Labute approximate surface area is 183 Å². The van der Waals surface area contributed by atoms with Gasteiger partial charge < -0.3 is 0 Å². The summed E-state index contributed by atoms with van der Waals surface area (Å²) >= 11 is 14.3. The van der Waals surface area contributed by atoms with Gasteiger partial charge in [0.2, 0.25) is 0 Å². The minimum absolute atomic E-state index is 0.274. The second kappa shape index (κ2) is 7.92. The minimum Gasteiger partial charge on any atom is -0.235 e. The largest absolute Gasteiger partial charge is 0.235 e. The first kappa shape index (κ1) is 20.1. The third kappa shape index (κ3) is 4.09. The summed E-state index contributed by atoms with van der Waals surface area (Å²) in [6.45, 7) is 0. The van der Waals surface area contributed by atoms with E-state index in [1.807, 2.05) is 48.5 Å². The van der Waals surface area contributed by atoms with E-state index in [2.05, 4.69) is 0 Å². The highest BCUT2D eigenvalue weighted by atomic mass is 35.5. The van der Waals surface area contributed by atoms with E-state index >= 15 is 0 Å². The van der Waals surface area contributed by atoms with Crippen molar-refractivity contribution in [2.24, 2.45) is 0 Å². The molecular formula is C22H15Cl2NO2S2. The Morgan fingerprint density at radius 3 is 1.90 bits per heavy atom. The quantitative estimate of drug-likeness (QED) is 0.335. The highest BCUT2D eigenvalue weighted by Gasteiger charge is 2.19. The van der Waals surface area contributed by atoms with Crippen molar-refractivity contribution in [3.05, 3.63) is 82.8 Å². The van der Waals surface area contributed by atoms with Crippen LogP contribution in [0, 0.1) is 0 Å². The molecule has 0 unspecified atom stereocenters. The molecule has 0 fully saturated rings. The lowest BCUT2D eigenvalue weighted by Crippen LogP contribution is -1.96. The van der Waals surface area contributed by atoms with Gasteiger partial charge in [-0.1, -0.05) is 71.7 Å². The van der Waals surface area contributed by atoms with Crippen LogP contribution < -0.4 is 0 Å². The number of benzene rings is 3. The topological polar surface area (TPSA) is 47.0 Å². The zero-order chi connectivity index (χ0) is 20.6. The molecule has 4 rings (SSSR count). The average molecular weight is 460 g/mol. The van der Waals surface area contributed by atoms with E-state index in [0.29, 0.717) is 10.0 Å². The molecule has 0 saturated carbocycles. The van der Waals surface area contributed by atoms with Gasteiger partial charge in [0.05, 0.1) is 25.5 Å². The lowest BCUT2D eigenvalue weighted by atomic mass is 10.1. The van der Waals surface area contributed by atoms with E-state index in [9.17, 15) is 8.42 Å². The summed E-state index contributed by atoms with van der Waals surface area (Å²) in [5, 5.41) is 1.98. The van der Waals surface area contributed by atoms with Crippen LogP contribution in [-0.4, -0.2) is 19.7 Å². The predicted octanol–water partition coefficient (Wildman–Crippen LogP) is 6.85. The van der Waals surface area contributed by atoms with E-state index in [1.54, 1.807) is 24.3 Å². The molecular weight excluding hydrogens is 445 g/mol. The van der Waals surface area contributed by atoms with Crippen molar-refractivity contribution < 1.29 is 8.42 Å². The van der Waals surface area contributed by atoms with Crippen LogP contribution >= 0.6 is 34.5 Å². The predicted molar refractivity (Wildman–Crippen MR) is 122 cm³/mol. The zero-order valence-corrected chi connectivity index (χ0v) is 18.4. The Bertz CT molecular complexity index is 1300. The molecule has 0 aliphatic rings. The molecule has 4 aromatic rings. The number of rotatable bonds is 4. The first-order chi connectivity index (χ1) is 13.8. The molecule has 7 heteroatoms. The van der Waals surface area contributed by atoms with Crippen molar-refractivity contribution in [3.63, 3.8) is 0 Å². The molecule has 0 N–H and O–H groups in total. The maximum absolute atomic E-state index is 11.8. The van der Waals surface area contributed by atoms with E-state index in [0.717, 1.165) is 32.3 Å². The summed E-state index contributed by atoms with van der Waals surface area (Å²) < 4.78 is 23.6. The van der Waals surface area contributed by atoms with E-state index in [4.69, 9.17) is 28.2 Å². The fourth-order valence-corrected chi connectivity index (χ4v) is 5.22. The number of sulfone groups is 1. The van der Waals surface area contributed by atoms with Crippen LogP contribution in [0.3, 0.4) is 0 Å². The first-order valence-corrected chi connectivity index (χ1v) is 12.1. The van der Waals surface area contributed by atoms with Gasteiger partial charge in [-0.25, -0.2) is 13.4 Å². The molecule has 146 valence electrons. The number of halogens is 2. The normalized spacial score (nSPS) is 11.6. The maximum atomic E-state index is 11.8. The fraction of sp³-hybridized carbons (Fsp3) is 0.0455. The SMILES string of the molecule is CS(=O)(=O)c1ccc(-c2sc(-c3ccccc3Cl)nc2-c2ccccc2Cl)cc1. The Balaban J connectivity index is 1.92. The number of nitrogens with zero attached hydrogens (tertiary/aromatic N) is 1. The monoisotopic (exact) mass is 459 g/mol. The van der Waals surface area contributed by atoms with Crippen molar-refractivity contribution in [2.75, 3.05) is 6.26 Å². The highest BCUT2D eigenvalue weighted by molar-refractivity contribution is 7.90. The second-order valence-corrected chi connectivity index (χ2v) is 10.3. The van der Waals surface area contributed by atoms with Crippen LogP contribution in [0.15, 0.2) is 77.7 Å². The van der Waals surface area contributed by atoms with Gasteiger partial charge in [0.15, 0.2) is 9.84 Å². The Hall–Kier alpha value is -2.18. The molecule has 0 spiro atoms. The summed E-state index contributed by atoms with van der Waals surface area (Å²) in [6, 6.07) is 21.9. The second-order valence-electron chi connectivity index (χ2n) is 6.45. The smallest absolute Gasteiger partial charge is 0.175 e. The zero-order valence-electron chi connectivity index (χ0n) is 15.3. The van der Waals surface area contributed by atoms with Crippen LogP contribution in [0.5, 0.6) is 0 Å². The molecule has 1 heterocycles. The van der Waals surface area contributed by atoms with Crippen LogP contribution in [0.1, 0.15) is 0 Å². The van der Waals surface area contributed by atoms with Crippen molar-refractivity contribution >= 4 is 44.4 Å². The Morgan fingerprint density at radius 2 is 1.34 bits per heavy atom. The van der Waals surface area contributed by atoms with Gasteiger partial charge in [-0.05, 0) is 29.8 Å². The molecule has 0 aliphatic heterocycles. The van der Waals surface area contributed by atoms with Crippen molar-refractivity contribution in [2.45, 2.75) is 4.90 Å². The average Bonchev–Trinajstić information content (AvgIpc) is 3.13. The van der Waals surface area contributed by atoms with Crippen molar-refractivity contribution in [3.8, 4) is 32.3 Å². The highest BCUT2D eigenvalue weighted by Crippen LogP contribution is 2.43. The Morgan fingerprint density at radius 1 is 0.793 bits per heavy atom. The summed E-state index contributed by atoms with van der Waals surface area (Å²) in [5.41, 5.74) is 3.25. The molecule has 3 aromatic carbocycles. The molecule has 1 aromatic heterocycles. The molecule has 29 heavy (non-hydrogen) atoms. The van der Waals surface area contributed by atoms with Gasteiger partial charge in [0.25, 0.3) is 0 Å². The number of thiazole rings is 1. The molecule has 3 nitrogen and oxygen atoms in total. The van der Waals surface area contributed by atoms with Gasteiger partial charge in [-0.15, -0.1) is 11.3 Å². The fourth-order valence-electron chi connectivity index (χ4n) is 2.95. The Kier molecular flexibility index (Phi) is 5.49. The summed E-state index contributed by atoms with van der Waals surface area (Å²) in [6.07, 6.45) is 1.19. The van der Waals surface area contributed by atoms with Gasteiger partial charge >= 0.3 is 0 Å². The lowest BCUT2D eigenvalue weighted by molar-refractivity contribution is 0.602. The van der Waals surface area contributed by atoms with Gasteiger partial charge in [-0.2, -0.15) is 0 Å². The van der Waals surface area contributed by atoms with E-state index < -0.39 is 9.84 Å². The van der Waals surface area contributed by atoms with Gasteiger partial charge in [0, 0.05) is 17.4 Å². The summed E-state index contributed by atoms with van der Waals surface area (Å²) in [7, 11) is -3.26. The number of hydrogen-bond acceptors (Lipinski definition) is 4. The van der Waals surface area contributed by atoms with E-state index in [1.165, 1.54) is 17.6 Å². The van der Waals surface area contributed by atoms with Crippen LogP contribution in [0.25, 0.3) is 32.3 Å². The maximum Gasteiger partial charge on any atom is 0.175 e. The lowest BCUT2D eigenvalue weighted by Gasteiger charge is -2.06. The van der Waals surface area contributed by atoms with Crippen molar-refractivity contribution in [1.29, 1.82) is 0 Å². The van der Waals surface area contributed by atoms with Gasteiger partial charge in [-0.3, -0.25) is 0 Å². The molecule has 0 atom stereocenters. The third-order valence-electron chi connectivity index (χ3n) is 4.41. The third-order valence-corrected chi connectivity index (χ3v) is 7.33. The summed E-state index contributed by atoms with van der Waals surface area (Å²) in [5.74, 6) is 0. The van der Waals surface area contributed by atoms with E-state index in [-0.39, 0.29) is 4.90 Å². The molecule has 0 amide bonds. The van der Waals surface area contributed by atoms with Crippen LogP contribution in [-0.2, 0) is 9.84 Å². The molecule has 0 radical (unpaired) electrons. The standard InChI is InChI=1S/C22H15Cl2NO2S2/c1-29(26,27)15-12-10-14(11-13-15)21-20(16-6-2-4-8-18(16)23)25-22(28-21)17-7-3-5-9-19(17)24/h2-13H,1H3. The minimum atomic E-state index is -3.26. The molecule has 0 bridgehead atoms. The summed E-state index contributed by atoms with van der Waals surface area (Å²) in [4.78, 5) is 6.02. The molecule has 0 aliphatic carbocycles. The van der Waals surface area contributed by atoms with Crippen molar-refractivity contribution in [1.82, 2.24) is 4.98 Å². The molecule has 0 saturated heterocycles. The van der Waals surface area contributed by atoms with Gasteiger partial charge in [0.1, 0.15) is 5.01 Å². The number of aromatic nitrogens is 1.